The van der Waals surface area contributed by atoms with E-state index < -0.39 is 11.9 Å². The van der Waals surface area contributed by atoms with Crippen LogP contribution in [-0.2, 0) is 4.74 Å². The molecule has 1 aliphatic carbocycles. The van der Waals surface area contributed by atoms with E-state index in [4.69, 9.17) is 14.3 Å². The molecule has 1 heterocycles. The van der Waals surface area contributed by atoms with Crippen molar-refractivity contribution in [3.05, 3.63) is 23.7 Å². The summed E-state index contributed by atoms with van der Waals surface area (Å²) in [4.78, 5) is 22.4. The molecular weight excluding hydrogens is 274 g/mol. The van der Waals surface area contributed by atoms with Gasteiger partial charge in [-0.3, -0.25) is 4.79 Å². The van der Waals surface area contributed by atoms with E-state index >= 15 is 0 Å². The third-order valence-corrected chi connectivity index (χ3v) is 3.61. The average Bonchev–Trinajstić information content (AvgIpc) is 2.82. The Labute approximate surface area is 123 Å². The van der Waals surface area contributed by atoms with E-state index in [0.717, 1.165) is 19.1 Å². The first kappa shape index (κ1) is 15.6. The second-order valence-corrected chi connectivity index (χ2v) is 5.25. The number of rotatable bonds is 6. The van der Waals surface area contributed by atoms with Crippen LogP contribution in [-0.4, -0.2) is 36.2 Å². The number of carboxylic acid groups (broad SMARTS) is 1. The molecule has 0 radical (unpaired) electrons. The quantitative estimate of drug-likeness (QED) is 0.621. The number of aromatic carboxylic acids is 1. The maximum atomic E-state index is 11.7. The van der Waals surface area contributed by atoms with Crippen LogP contribution < -0.4 is 5.32 Å². The van der Waals surface area contributed by atoms with Crippen LogP contribution in [0.1, 0.15) is 59.4 Å². The fourth-order valence-corrected chi connectivity index (χ4v) is 2.45. The van der Waals surface area contributed by atoms with E-state index in [1.54, 1.807) is 0 Å². The number of amides is 1. The molecule has 6 heteroatoms. The molecule has 0 atom stereocenters. The summed E-state index contributed by atoms with van der Waals surface area (Å²) in [5, 5.41) is 11.4. The highest BCUT2D eigenvalue weighted by atomic mass is 16.5. The second-order valence-electron chi connectivity index (χ2n) is 5.25. The predicted molar refractivity (Wildman–Crippen MR) is 75.4 cm³/mol. The van der Waals surface area contributed by atoms with Gasteiger partial charge in [-0.25, -0.2) is 4.79 Å². The minimum atomic E-state index is -1.12. The van der Waals surface area contributed by atoms with Crippen LogP contribution in [0.4, 0.5) is 0 Å². The molecule has 2 N–H and O–H groups in total. The summed E-state index contributed by atoms with van der Waals surface area (Å²) >= 11 is 0. The van der Waals surface area contributed by atoms with Crippen LogP contribution in [0.2, 0.25) is 0 Å². The fourth-order valence-electron chi connectivity index (χ4n) is 2.45. The molecule has 1 saturated carbocycles. The van der Waals surface area contributed by atoms with Crippen LogP contribution >= 0.6 is 0 Å². The van der Waals surface area contributed by atoms with Crippen LogP contribution in [0, 0.1) is 0 Å². The van der Waals surface area contributed by atoms with Crippen molar-refractivity contribution in [2.75, 3.05) is 13.2 Å². The van der Waals surface area contributed by atoms with Gasteiger partial charge in [0.2, 0.25) is 0 Å². The average molecular weight is 295 g/mol. The van der Waals surface area contributed by atoms with E-state index in [-0.39, 0.29) is 11.3 Å². The van der Waals surface area contributed by atoms with Crippen LogP contribution in [0.15, 0.2) is 16.7 Å². The normalized spacial score (nSPS) is 16.4. The Bertz CT molecular complexity index is 474. The zero-order chi connectivity index (χ0) is 15.1. The first-order chi connectivity index (χ1) is 10.2. The molecule has 1 aromatic heterocycles. The number of furan rings is 1. The third-order valence-electron chi connectivity index (χ3n) is 3.61. The maximum absolute atomic E-state index is 11.7. The summed E-state index contributed by atoms with van der Waals surface area (Å²) in [6.45, 7) is 0.849. The number of nitrogens with one attached hydrogen (secondary N) is 1. The van der Waals surface area contributed by atoms with Gasteiger partial charge in [-0.05, 0) is 12.8 Å². The largest absolute Gasteiger partial charge is 0.478 e. The lowest BCUT2D eigenvalue weighted by atomic mass is 10.1. The lowest BCUT2D eigenvalue weighted by Crippen LogP contribution is -2.28. The van der Waals surface area contributed by atoms with Crippen molar-refractivity contribution in [3.63, 3.8) is 0 Å². The Kier molecular flexibility index (Phi) is 5.80. The lowest BCUT2D eigenvalue weighted by Gasteiger charge is -2.15. The number of carbonyl (C=O) groups excluding carboxylic acids is 1. The van der Waals surface area contributed by atoms with E-state index in [9.17, 15) is 9.59 Å². The molecule has 6 nitrogen and oxygen atoms in total. The molecule has 0 spiro atoms. The Morgan fingerprint density at radius 3 is 2.62 bits per heavy atom. The Morgan fingerprint density at radius 2 is 2.00 bits per heavy atom. The summed E-state index contributed by atoms with van der Waals surface area (Å²) in [7, 11) is 0. The molecule has 0 aliphatic heterocycles. The van der Waals surface area contributed by atoms with Crippen molar-refractivity contribution in [1.82, 2.24) is 5.32 Å². The molecule has 1 aromatic rings. The van der Waals surface area contributed by atoms with E-state index in [0.29, 0.717) is 19.3 Å². The molecule has 0 saturated heterocycles. The van der Waals surface area contributed by atoms with Crippen molar-refractivity contribution in [2.45, 2.75) is 44.6 Å². The van der Waals surface area contributed by atoms with Gasteiger partial charge < -0.3 is 19.6 Å². The molecule has 1 aliphatic rings. The number of hydrogen-bond acceptors (Lipinski definition) is 4. The summed E-state index contributed by atoms with van der Waals surface area (Å²) in [5.41, 5.74) is -0.0325. The Morgan fingerprint density at radius 1 is 1.29 bits per heavy atom. The minimum Gasteiger partial charge on any atom is -0.478 e. The fraction of sp³-hybridized carbons (Fsp3) is 0.600. The summed E-state index contributed by atoms with van der Waals surface area (Å²) < 4.78 is 10.7. The smallest absolute Gasteiger partial charge is 0.338 e. The van der Waals surface area contributed by atoms with Crippen molar-refractivity contribution in [2.24, 2.45) is 0 Å². The van der Waals surface area contributed by atoms with Gasteiger partial charge >= 0.3 is 5.97 Å². The molecule has 116 valence electrons. The minimum absolute atomic E-state index is 0.00173. The number of ether oxygens (including phenoxy) is 1. The number of carboxylic acids is 1. The van der Waals surface area contributed by atoms with Gasteiger partial charge in [0.1, 0.15) is 6.26 Å². The van der Waals surface area contributed by atoms with Gasteiger partial charge in [0, 0.05) is 12.6 Å². The molecule has 0 bridgehead atoms. The molecule has 1 fully saturated rings. The Balaban J connectivity index is 1.67. The van der Waals surface area contributed by atoms with Crippen molar-refractivity contribution in [1.29, 1.82) is 0 Å². The summed E-state index contributed by atoms with van der Waals surface area (Å²) in [6, 6.07) is 1.21. The highest BCUT2D eigenvalue weighted by molar-refractivity contribution is 5.95. The number of hydrogen-bond donors (Lipinski definition) is 2. The van der Waals surface area contributed by atoms with Gasteiger partial charge in [-0.1, -0.05) is 25.7 Å². The Hall–Kier alpha value is -1.82. The van der Waals surface area contributed by atoms with Crippen LogP contribution in [0.3, 0.4) is 0 Å². The lowest BCUT2D eigenvalue weighted by molar-refractivity contribution is 0.0439. The highest BCUT2D eigenvalue weighted by Crippen LogP contribution is 2.19. The van der Waals surface area contributed by atoms with Crippen LogP contribution in [0.5, 0.6) is 0 Å². The molecule has 0 unspecified atom stereocenters. The number of carbonyl (C=O) groups is 2. The van der Waals surface area contributed by atoms with Crippen LogP contribution in [0.25, 0.3) is 0 Å². The topological polar surface area (TPSA) is 88.8 Å². The van der Waals surface area contributed by atoms with Gasteiger partial charge in [0.05, 0.1) is 18.3 Å². The first-order valence-electron chi connectivity index (χ1n) is 7.38. The predicted octanol–water partition coefficient (Wildman–Crippen LogP) is 2.45. The highest BCUT2D eigenvalue weighted by Gasteiger charge is 2.15. The van der Waals surface area contributed by atoms with Gasteiger partial charge in [-0.15, -0.1) is 0 Å². The molecule has 1 amide bonds. The monoisotopic (exact) mass is 295 g/mol. The first-order valence-corrected chi connectivity index (χ1v) is 7.38. The maximum Gasteiger partial charge on any atom is 0.338 e. The van der Waals surface area contributed by atoms with E-state index in [2.05, 4.69) is 5.32 Å². The molecular formula is C15H21NO5. The standard InChI is InChI=1S/C15H21NO5/c17-14(13-9-11(10-21-13)15(18)19)16-7-8-20-12-5-3-1-2-4-6-12/h9-10,12H,1-8H2,(H,16,17)(H,18,19). The van der Waals surface area contributed by atoms with Crippen molar-refractivity contribution in [3.8, 4) is 0 Å². The summed E-state index contributed by atoms with van der Waals surface area (Å²) in [5.74, 6) is -1.54. The zero-order valence-corrected chi connectivity index (χ0v) is 12.0. The second kappa shape index (κ2) is 7.83. The third kappa shape index (κ3) is 4.90. The van der Waals surface area contributed by atoms with Gasteiger partial charge in [0.15, 0.2) is 5.76 Å². The van der Waals surface area contributed by atoms with Gasteiger partial charge in [0.25, 0.3) is 5.91 Å². The molecule has 2 rings (SSSR count). The summed E-state index contributed by atoms with van der Waals surface area (Å²) in [6.07, 6.45) is 8.51. The van der Waals surface area contributed by atoms with E-state index in [1.807, 2.05) is 0 Å². The molecule has 21 heavy (non-hydrogen) atoms. The zero-order valence-electron chi connectivity index (χ0n) is 12.0. The molecule has 0 aromatic carbocycles. The van der Waals surface area contributed by atoms with Crippen molar-refractivity contribution >= 4 is 11.9 Å². The SMILES string of the molecule is O=C(O)c1coc(C(=O)NCCOC2CCCCCC2)c1. The van der Waals surface area contributed by atoms with Gasteiger partial charge in [-0.2, -0.15) is 0 Å². The van der Waals surface area contributed by atoms with E-state index in [1.165, 1.54) is 31.7 Å². The van der Waals surface area contributed by atoms with Crippen molar-refractivity contribution < 1.29 is 23.8 Å².